The van der Waals surface area contributed by atoms with Crippen molar-refractivity contribution in [3.63, 3.8) is 0 Å². The average Bonchev–Trinajstić information content (AvgIpc) is 2.82. The van der Waals surface area contributed by atoms with E-state index in [-0.39, 0.29) is 5.69 Å². The summed E-state index contributed by atoms with van der Waals surface area (Å²) in [6, 6.07) is 4.00. The van der Waals surface area contributed by atoms with Gasteiger partial charge in [-0.2, -0.15) is 0 Å². The first-order chi connectivity index (χ1) is 8.06. The van der Waals surface area contributed by atoms with Crippen molar-refractivity contribution in [3.05, 3.63) is 31.4 Å². The molecule has 0 bridgehead atoms. The van der Waals surface area contributed by atoms with Crippen LogP contribution in [0.15, 0.2) is 15.9 Å². The van der Waals surface area contributed by atoms with E-state index < -0.39 is 5.97 Å². The summed E-state index contributed by atoms with van der Waals surface area (Å²) in [4.78, 5) is 16.7. The van der Waals surface area contributed by atoms with Gasteiger partial charge in [-0.1, -0.05) is 0 Å². The van der Waals surface area contributed by atoms with Crippen LogP contribution in [-0.4, -0.2) is 16.1 Å². The third-order valence-electron chi connectivity index (χ3n) is 2.04. The lowest BCUT2D eigenvalue weighted by molar-refractivity contribution is 0.0690. The Bertz CT molecular complexity index is 550. The molecule has 4 nitrogen and oxygen atoms in total. The molecule has 2 N–H and O–H groups in total. The standard InChI is InChI=1S/C10H9BrN2O2S2/c1-5-8(9(14)15)13-10(16-5)12-4-6-2-3-7(11)17-6/h2-3H,4H2,1H3,(H,12,13)(H,14,15). The lowest BCUT2D eigenvalue weighted by Gasteiger charge is -1.98. The average molecular weight is 333 g/mol. The van der Waals surface area contributed by atoms with Gasteiger partial charge in [-0.05, 0) is 35.0 Å². The highest BCUT2D eigenvalue weighted by Gasteiger charge is 2.13. The zero-order valence-corrected chi connectivity index (χ0v) is 12.1. The SMILES string of the molecule is Cc1sc(NCc2ccc(Br)s2)nc1C(=O)O. The number of halogens is 1. The molecular formula is C10H9BrN2O2S2. The van der Waals surface area contributed by atoms with Gasteiger partial charge < -0.3 is 10.4 Å². The first-order valence-corrected chi connectivity index (χ1v) is 7.17. The second kappa shape index (κ2) is 5.16. The maximum atomic E-state index is 10.8. The Morgan fingerprint density at radius 2 is 2.29 bits per heavy atom. The summed E-state index contributed by atoms with van der Waals surface area (Å²) in [6.07, 6.45) is 0. The largest absolute Gasteiger partial charge is 0.476 e. The Labute approximate surface area is 114 Å². The molecule has 0 atom stereocenters. The van der Waals surface area contributed by atoms with Crippen LogP contribution in [0.25, 0.3) is 0 Å². The van der Waals surface area contributed by atoms with E-state index in [1.165, 1.54) is 16.2 Å². The normalized spacial score (nSPS) is 10.5. The predicted octanol–water partition coefficient (Wildman–Crippen LogP) is 3.59. The van der Waals surface area contributed by atoms with Crippen LogP contribution in [0.2, 0.25) is 0 Å². The lowest BCUT2D eigenvalue weighted by Crippen LogP contribution is -2.00. The van der Waals surface area contributed by atoms with Crippen molar-refractivity contribution in [2.24, 2.45) is 0 Å². The number of aryl methyl sites for hydroxylation is 1. The van der Waals surface area contributed by atoms with Crippen LogP contribution in [-0.2, 0) is 6.54 Å². The molecule has 0 spiro atoms. The number of carbonyl (C=O) groups is 1. The number of thiazole rings is 1. The molecule has 0 radical (unpaired) electrons. The van der Waals surface area contributed by atoms with E-state index in [1.807, 2.05) is 12.1 Å². The summed E-state index contributed by atoms with van der Waals surface area (Å²) in [5.41, 5.74) is 0.130. The number of hydrogen-bond acceptors (Lipinski definition) is 5. The minimum absolute atomic E-state index is 0.130. The van der Waals surface area contributed by atoms with Crippen LogP contribution in [0.5, 0.6) is 0 Å². The molecular weight excluding hydrogens is 324 g/mol. The Kier molecular flexibility index (Phi) is 3.80. The summed E-state index contributed by atoms with van der Waals surface area (Å²) in [5.74, 6) is -0.981. The minimum atomic E-state index is -0.981. The fraction of sp³-hybridized carbons (Fsp3) is 0.200. The molecule has 0 aliphatic carbocycles. The maximum absolute atomic E-state index is 10.8. The number of hydrogen-bond donors (Lipinski definition) is 2. The van der Waals surface area contributed by atoms with Crippen LogP contribution in [0.3, 0.4) is 0 Å². The summed E-state index contributed by atoms with van der Waals surface area (Å²) >= 11 is 6.39. The Balaban J connectivity index is 2.04. The molecule has 2 heterocycles. The van der Waals surface area contributed by atoms with E-state index in [9.17, 15) is 4.79 Å². The Morgan fingerprint density at radius 3 is 2.82 bits per heavy atom. The fourth-order valence-corrected chi connectivity index (χ4v) is 3.50. The topological polar surface area (TPSA) is 62.2 Å². The number of rotatable bonds is 4. The second-order valence-electron chi connectivity index (χ2n) is 3.29. The highest BCUT2D eigenvalue weighted by Crippen LogP contribution is 2.25. The summed E-state index contributed by atoms with van der Waals surface area (Å²) in [7, 11) is 0. The number of aromatic nitrogens is 1. The van der Waals surface area contributed by atoms with Crippen molar-refractivity contribution < 1.29 is 9.90 Å². The van der Waals surface area contributed by atoms with E-state index in [0.29, 0.717) is 16.6 Å². The minimum Gasteiger partial charge on any atom is -0.476 e. The second-order valence-corrected chi connectivity index (χ2v) is 7.04. The molecule has 0 amide bonds. The first-order valence-electron chi connectivity index (χ1n) is 4.75. The van der Waals surface area contributed by atoms with Crippen LogP contribution in [0.4, 0.5) is 5.13 Å². The van der Waals surface area contributed by atoms with Gasteiger partial charge in [-0.25, -0.2) is 9.78 Å². The highest BCUT2D eigenvalue weighted by molar-refractivity contribution is 9.11. The number of nitrogens with one attached hydrogen (secondary N) is 1. The third-order valence-corrected chi connectivity index (χ3v) is 4.59. The molecule has 0 aliphatic rings. The van der Waals surface area contributed by atoms with Crippen molar-refractivity contribution >= 4 is 49.7 Å². The molecule has 0 unspecified atom stereocenters. The first kappa shape index (κ1) is 12.5. The van der Waals surface area contributed by atoms with Gasteiger partial charge >= 0.3 is 5.97 Å². The quantitative estimate of drug-likeness (QED) is 0.898. The summed E-state index contributed by atoms with van der Waals surface area (Å²) < 4.78 is 1.08. The van der Waals surface area contributed by atoms with E-state index in [1.54, 1.807) is 18.3 Å². The number of nitrogens with zero attached hydrogens (tertiary/aromatic N) is 1. The van der Waals surface area contributed by atoms with Crippen LogP contribution in [0, 0.1) is 6.92 Å². The molecule has 17 heavy (non-hydrogen) atoms. The van der Waals surface area contributed by atoms with E-state index >= 15 is 0 Å². The van der Waals surface area contributed by atoms with Crippen molar-refractivity contribution in [1.29, 1.82) is 0 Å². The monoisotopic (exact) mass is 332 g/mol. The number of carboxylic acids is 1. The molecule has 0 saturated heterocycles. The number of thiophene rings is 1. The van der Waals surface area contributed by atoms with Gasteiger partial charge in [0.2, 0.25) is 0 Å². The summed E-state index contributed by atoms with van der Waals surface area (Å²) in [6.45, 7) is 2.41. The molecule has 0 aliphatic heterocycles. The molecule has 2 rings (SSSR count). The molecule has 7 heteroatoms. The van der Waals surface area contributed by atoms with Gasteiger partial charge in [0.1, 0.15) is 0 Å². The smallest absolute Gasteiger partial charge is 0.355 e. The Morgan fingerprint density at radius 1 is 1.53 bits per heavy atom. The number of carboxylic acid groups (broad SMARTS) is 1. The molecule has 0 aromatic carbocycles. The van der Waals surface area contributed by atoms with Crippen LogP contribution < -0.4 is 5.32 Å². The molecule has 2 aromatic rings. The van der Waals surface area contributed by atoms with Gasteiger partial charge in [-0.3, -0.25) is 0 Å². The number of aromatic carboxylic acids is 1. The van der Waals surface area contributed by atoms with E-state index in [0.717, 1.165) is 3.79 Å². The molecule has 90 valence electrons. The lowest BCUT2D eigenvalue weighted by atomic mass is 10.4. The van der Waals surface area contributed by atoms with Crippen LogP contribution in [0.1, 0.15) is 20.2 Å². The maximum Gasteiger partial charge on any atom is 0.355 e. The van der Waals surface area contributed by atoms with Crippen molar-refractivity contribution in [3.8, 4) is 0 Å². The Hall–Kier alpha value is -0.920. The van der Waals surface area contributed by atoms with Gasteiger partial charge in [-0.15, -0.1) is 22.7 Å². The van der Waals surface area contributed by atoms with Gasteiger partial charge in [0.05, 0.1) is 10.3 Å². The van der Waals surface area contributed by atoms with Crippen molar-refractivity contribution in [1.82, 2.24) is 4.98 Å². The van der Waals surface area contributed by atoms with Crippen molar-refractivity contribution in [2.75, 3.05) is 5.32 Å². The molecule has 2 aromatic heterocycles. The zero-order chi connectivity index (χ0) is 12.4. The predicted molar refractivity (Wildman–Crippen MR) is 73.2 cm³/mol. The van der Waals surface area contributed by atoms with E-state index in [4.69, 9.17) is 5.11 Å². The van der Waals surface area contributed by atoms with Crippen molar-refractivity contribution in [2.45, 2.75) is 13.5 Å². The molecule has 0 fully saturated rings. The van der Waals surface area contributed by atoms with E-state index in [2.05, 4.69) is 26.2 Å². The fourth-order valence-electron chi connectivity index (χ4n) is 1.28. The molecule has 0 saturated carbocycles. The van der Waals surface area contributed by atoms with Gasteiger partial charge in [0.15, 0.2) is 10.8 Å². The van der Waals surface area contributed by atoms with Gasteiger partial charge in [0, 0.05) is 9.75 Å². The van der Waals surface area contributed by atoms with Gasteiger partial charge in [0.25, 0.3) is 0 Å². The summed E-state index contributed by atoms with van der Waals surface area (Å²) in [5, 5.41) is 12.6. The zero-order valence-electron chi connectivity index (χ0n) is 8.86. The number of anilines is 1. The van der Waals surface area contributed by atoms with Crippen LogP contribution >= 0.6 is 38.6 Å². The highest BCUT2D eigenvalue weighted by atomic mass is 79.9. The third kappa shape index (κ3) is 3.05.